The predicted molar refractivity (Wildman–Crippen MR) is 144 cm³/mol. The molecule has 36 heavy (non-hydrogen) atoms. The van der Waals surface area contributed by atoms with Crippen LogP contribution in [0.3, 0.4) is 0 Å². The van der Waals surface area contributed by atoms with E-state index in [-0.39, 0.29) is 40.9 Å². The van der Waals surface area contributed by atoms with Gasteiger partial charge < -0.3 is 20.4 Å². The van der Waals surface area contributed by atoms with E-state index in [2.05, 4.69) is 52.0 Å². The molecule has 0 aliphatic heterocycles. The number of allylic oxidation sites excluding steroid dienone is 1. The van der Waals surface area contributed by atoms with Crippen molar-refractivity contribution in [2.75, 3.05) is 20.7 Å². The molecule has 0 aromatic rings. The average molecular weight is 501 g/mol. The van der Waals surface area contributed by atoms with E-state index in [1.807, 2.05) is 19.9 Å². The topological polar surface area (TPSA) is 72.8 Å². The largest absolute Gasteiger partial charge is 0.396 e. The van der Waals surface area contributed by atoms with Crippen molar-refractivity contribution in [2.24, 2.45) is 44.8 Å². The first-order valence-electron chi connectivity index (χ1n) is 14.7. The van der Waals surface area contributed by atoms with E-state index in [1.165, 1.54) is 25.7 Å². The Hall–Kier alpha value is -0.910. The Balaban J connectivity index is 1.46. The Morgan fingerprint density at radius 2 is 1.69 bits per heavy atom. The van der Waals surface area contributed by atoms with Gasteiger partial charge >= 0.3 is 0 Å². The number of carbonyl (C=O) groups excluding carboxylic acids is 1. The number of aliphatic hydroxyl groups excluding tert-OH is 2. The summed E-state index contributed by atoms with van der Waals surface area (Å²) < 4.78 is 0. The molecule has 0 aromatic carbocycles. The Morgan fingerprint density at radius 1 is 1.06 bits per heavy atom. The molecule has 0 aromatic heterocycles. The summed E-state index contributed by atoms with van der Waals surface area (Å²) in [5.41, 5.74) is 1.42. The molecule has 5 heteroatoms. The van der Waals surface area contributed by atoms with Gasteiger partial charge in [0.25, 0.3) is 0 Å². The van der Waals surface area contributed by atoms with Crippen molar-refractivity contribution in [1.29, 1.82) is 0 Å². The number of rotatable bonds is 5. The molecule has 5 aliphatic carbocycles. The molecule has 0 radical (unpaired) electrons. The van der Waals surface area contributed by atoms with Gasteiger partial charge in [-0.3, -0.25) is 4.79 Å². The van der Waals surface area contributed by atoms with Gasteiger partial charge in [0, 0.05) is 29.0 Å². The van der Waals surface area contributed by atoms with Gasteiger partial charge in [-0.15, -0.1) is 0 Å². The highest BCUT2D eigenvalue weighted by molar-refractivity contribution is 5.92. The van der Waals surface area contributed by atoms with Gasteiger partial charge in [-0.2, -0.15) is 0 Å². The molecule has 0 saturated heterocycles. The van der Waals surface area contributed by atoms with Crippen LogP contribution in [0.25, 0.3) is 0 Å². The number of carbonyl (C=O) groups is 1. The summed E-state index contributed by atoms with van der Waals surface area (Å²) in [6, 6.07) is 0.389. The summed E-state index contributed by atoms with van der Waals surface area (Å²) in [5.74, 6) is 1.42. The molecular formula is C31H52N2O3. The van der Waals surface area contributed by atoms with Gasteiger partial charge in [0.15, 0.2) is 0 Å². The van der Waals surface area contributed by atoms with Gasteiger partial charge in [-0.05, 0) is 120 Å². The van der Waals surface area contributed by atoms with E-state index in [4.69, 9.17) is 0 Å². The molecular weight excluding hydrogens is 448 g/mol. The molecule has 5 saturated carbocycles. The van der Waals surface area contributed by atoms with Crippen molar-refractivity contribution in [1.82, 2.24) is 10.2 Å². The molecule has 5 aliphatic rings. The van der Waals surface area contributed by atoms with Crippen LogP contribution in [0.5, 0.6) is 0 Å². The number of amides is 1. The maximum Gasteiger partial charge on any atom is 0.246 e. The van der Waals surface area contributed by atoms with Crippen LogP contribution in [0.15, 0.2) is 11.6 Å². The lowest BCUT2D eigenvalue weighted by atomic mass is 9.41. The predicted octanol–water partition coefficient (Wildman–Crippen LogP) is 4.77. The molecule has 5 nitrogen and oxygen atoms in total. The van der Waals surface area contributed by atoms with Crippen LogP contribution in [-0.4, -0.2) is 59.9 Å². The number of fused-ring (bicyclic) bond motifs is 2. The lowest BCUT2D eigenvalue weighted by molar-refractivity contribution is -0.156. The zero-order valence-corrected chi connectivity index (χ0v) is 24.2. The van der Waals surface area contributed by atoms with E-state index < -0.39 is 0 Å². The normalized spacial score (nSPS) is 52.6. The molecule has 5 rings (SSSR count). The van der Waals surface area contributed by atoms with Crippen molar-refractivity contribution < 1.29 is 15.0 Å². The molecule has 204 valence electrons. The van der Waals surface area contributed by atoms with Gasteiger partial charge in [0.05, 0.1) is 12.7 Å². The minimum absolute atomic E-state index is 0.0132. The third kappa shape index (κ3) is 3.09. The van der Waals surface area contributed by atoms with Crippen molar-refractivity contribution in [3.63, 3.8) is 0 Å². The first-order valence-corrected chi connectivity index (χ1v) is 14.7. The van der Waals surface area contributed by atoms with Crippen LogP contribution < -0.4 is 5.32 Å². The van der Waals surface area contributed by atoms with Gasteiger partial charge in [0.1, 0.15) is 0 Å². The van der Waals surface area contributed by atoms with E-state index >= 15 is 0 Å². The van der Waals surface area contributed by atoms with Crippen LogP contribution in [0.2, 0.25) is 0 Å². The Morgan fingerprint density at radius 3 is 2.31 bits per heavy atom. The van der Waals surface area contributed by atoms with Gasteiger partial charge in [-0.1, -0.05) is 26.8 Å². The second kappa shape index (κ2) is 8.29. The van der Waals surface area contributed by atoms with Gasteiger partial charge in [-0.25, -0.2) is 0 Å². The fraction of sp³-hybridized carbons (Fsp3) is 0.903. The summed E-state index contributed by atoms with van der Waals surface area (Å²) in [6.07, 6.45) is 10.8. The third-order valence-electron chi connectivity index (χ3n) is 13.8. The Bertz CT molecular complexity index is 948. The Kier molecular flexibility index (Phi) is 6.15. The number of nitrogens with zero attached hydrogens (tertiary/aromatic N) is 1. The minimum atomic E-state index is -0.283. The molecule has 0 heterocycles. The summed E-state index contributed by atoms with van der Waals surface area (Å²) in [4.78, 5) is 15.1. The highest BCUT2D eigenvalue weighted by atomic mass is 16.3. The lowest BCUT2D eigenvalue weighted by Crippen LogP contribution is -2.62. The molecule has 0 bridgehead atoms. The highest BCUT2D eigenvalue weighted by Crippen LogP contribution is 2.88. The molecule has 5 fully saturated rings. The van der Waals surface area contributed by atoms with Crippen LogP contribution in [0.4, 0.5) is 0 Å². The first-order chi connectivity index (χ1) is 16.8. The zero-order chi connectivity index (χ0) is 26.5. The van der Waals surface area contributed by atoms with Crippen molar-refractivity contribution in [2.45, 2.75) is 111 Å². The lowest BCUT2D eigenvalue weighted by Gasteiger charge is -2.63. The smallest absolute Gasteiger partial charge is 0.246 e. The van der Waals surface area contributed by atoms with E-state index in [0.717, 1.165) is 31.3 Å². The third-order valence-corrected chi connectivity index (χ3v) is 13.8. The maximum absolute atomic E-state index is 12.8. The number of hydrogen-bond donors (Lipinski definition) is 3. The first kappa shape index (κ1) is 26.7. The molecule has 3 N–H and O–H groups in total. The van der Waals surface area contributed by atoms with Crippen LogP contribution >= 0.6 is 0 Å². The number of nitrogens with one attached hydrogen (secondary N) is 1. The fourth-order valence-corrected chi connectivity index (χ4v) is 11.3. The van der Waals surface area contributed by atoms with Crippen LogP contribution in [0, 0.1) is 44.8 Å². The summed E-state index contributed by atoms with van der Waals surface area (Å²) in [6.45, 7) is 13.5. The van der Waals surface area contributed by atoms with E-state index in [0.29, 0.717) is 34.6 Å². The quantitative estimate of drug-likeness (QED) is 0.476. The summed E-state index contributed by atoms with van der Waals surface area (Å²) in [7, 11) is 4.32. The standard InChI is InChI=1S/C31H52N2O3/c1-9-19(2)26(36)32-24-12-13-30-17-31(30)15-14-28(5)25(20(3)33(7)8)21(35)16-29(28,6)23(31)11-10-22(30)27(24,4)18-34/h9,20-25,34-35H,10-18H2,1-8H3,(H,32,36)/b19-9+/t20?,21-,22?,23?,24+,25+,27+,28-,29+,30-,31+/m1/s1. The number of hydrogen-bond acceptors (Lipinski definition) is 4. The molecule has 1 amide bonds. The second-order valence-corrected chi connectivity index (χ2v) is 14.7. The van der Waals surface area contributed by atoms with E-state index in [9.17, 15) is 15.0 Å². The fourth-order valence-electron chi connectivity index (χ4n) is 11.3. The van der Waals surface area contributed by atoms with Crippen LogP contribution in [-0.2, 0) is 4.79 Å². The highest BCUT2D eigenvalue weighted by Gasteiger charge is 2.83. The van der Waals surface area contributed by atoms with Crippen molar-refractivity contribution in [3.8, 4) is 0 Å². The minimum Gasteiger partial charge on any atom is -0.396 e. The monoisotopic (exact) mass is 500 g/mol. The maximum atomic E-state index is 12.8. The average Bonchev–Trinajstić information content (AvgIpc) is 3.45. The zero-order valence-electron chi connectivity index (χ0n) is 24.2. The van der Waals surface area contributed by atoms with E-state index in [1.54, 1.807) is 0 Å². The molecule has 11 atom stereocenters. The number of aliphatic hydroxyl groups is 2. The summed E-state index contributed by atoms with van der Waals surface area (Å²) in [5, 5.41) is 25.6. The van der Waals surface area contributed by atoms with Crippen molar-refractivity contribution >= 4 is 5.91 Å². The SMILES string of the molecule is C/C=C(\C)C(=O)N[C@H]1CC[C@]23C[C@]24CC[C@]2(C)[C@@H](C(C)N(C)C)[C@H](O)C[C@@]2(C)C4CCC3[C@]1(C)CO. The second-order valence-electron chi connectivity index (χ2n) is 14.7. The van der Waals surface area contributed by atoms with Gasteiger partial charge in [0.2, 0.25) is 5.91 Å². The van der Waals surface area contributed by atoms with Crippen molar-refractivity contribution in [3.05, 3.63) is 11.6 Å². The molecule has 2 spiro atoms. The molecule has 3 unspecified atom stereocenters. The Labute approximate surface area is 219 Å². The summed E-state index contributed by atoms with van der Waals surface area (Å²) >= 11 is 0. The van der Waals surface area contributed by atoms with Crippen LogP contribution in [0.1, 0.15) is 92.9 Å².